The van der Waals surface area contributed by atoms with Gasteiger partial charge >= 0.3 is 0 Å². The van der Waals surface area contributed by atoms with Crippen molar-refractivity contribution in [3.8, 4) is 11.5 Å². The fraction of sp³-hybridized carbons (Fsp3) is 0.0968. The van der Waals surface area contributed by atoms with Crippen LogP contribution in [0.2, 0.25) is 0 Å². The van der Waals surface area contributed by atoms with Crippen molar-refractivity contribution in [1.82, 2.24) is 19.3 Å². The maximum absolute atomic E-state index is 13.6. The smallest absolute Gasteiger partial charge is 0.295 e. The Balaban J connectivity index is 1.51. The molecule has 4 heterocycles. The van der Waals surface area contributed by atoms with Crippen LogP contribution in [-0.2, 0) is 16.1 Å². The van der Waals surface area contributed by atoms with E-state index in [4.69, 9.17) is 4.74 Å². The van der Waals surface area contributed by atoms with E-state index in [9.17, 15) is 14.7 Å². The zero-order valence-corrected chi connectivity index (χ0v) is 21.1. The minimum atomic E-state index is -0.863. The van der Waals surface area contributed by atoms with Crippen molar-refractivity contribution >= 4 is 23.1 Å². The molecule has 8 nitrogen and oxygen atoms in total. The lowest BCUT2D eigenvalue weighted by atomic mass is 9.96. The number of ether oxygens (including phenoxy) is 1. The summed E-state index contributed by atoms with van der Waals surface area (Å²) < 4.78 is 7.75. The summed E-state index contributed by atoms with van der Waals surface area (Å²) >= 11 is 0. The Labute approximate surface area is 224 Å². The van der Waals surface area contributed by atoms with Crippen LogP contribution in [0, 0.1) is 6.92 Å². The van der Waals surface area contributed by atoms with E-state index in [-0.39, 0.29) is 17.9 Å². The van der Waals surface area contributed by atoms with Crippen LogP contribution in [0.4, 0.5) is 0 Å². The Morgan fingerprint density at radius 1 is 0.949 bits per heavy atom. The lowest BCUT2D eigenvalue weighted by Crippen LogP contribution is -2.29. The molecule has 0 bridgehead atoms. The molecule has 0 saturated carbocycles. The van der Waals surface area contributed by atoms with Gasteiger partial charge < -0.3 is 14.7 Å². The quantitative estimate of drug-likeness (QED) is 0.183. The summed E-state index contributed by atoms with van der Waals surface area (Å²) in [6.45, 7) is 1.90. The number of aryl methyl sites for hydroxylation is 1. The molecule has 1 aliphatic rings. The summed E-state index contributed by atoms with van der Waals surface area (Å²) in [7, 11) is 0. The number of nitrogens with zero attached hydrogens (tertiary/aromatic N) is 4. The number of pyridine rings is 2. The topological polar surface area (TPSA) is 97.0 Å². The zero-order valence-electron chi connectivity index (χ0n) is 21.1. The third-order valence-corrected chi connectivity index (χ3v) is 6.70. The van der Waals surface area contributed by atoms with E-state index in [0.717, 1.165) is 5.56 Å². The molecule has 1 fully saturated rings. The Morgan fingerprint density at radius 2 is 1.74 bits per heavy atom. The molecule has 5 aromatic rings. The van der Waals surface area contributed by atoms with Gasteiger partial charge in [0.1, 0.15) is 22.8 Å². The van der Waals surface area contributed by atoms with Crippen LogP contribution in [0.3, 0.4) is 0 Å². The van der Waals surface area contributed by atoms with E-state index in [1.165, 1.54) is 4.90 Å². The average molecular weight is 517 g/mol. The van der Waals surface area contributed by atoms with E-state index < -0.39 is 17.7 Å². The molecule has 39 heavy (non-hydrogen) atoms. The molecule has 1 atom stereocenters. The third-order valence-electron chi connectivity index (χ3n) is 6.70. The number of hydrogen-bond donors (Lipinski definition) is 1. The molecule has 6 rings (SSSR count). The summed E-state index contributed by atoms with van der Waals surface area (Å²) in [5, 5.41) is 11.7. The van der Waals surface area contributed by atoms with Crippen LogP contribution in [0.5, 0.6) is 11.5 Å². The van der Waals surface area contributed by atoms with Gasteiger partial charge in [-0.2, -0.15) is 0 Å². The van der Waals surface area contributed by atoms with Crippen molar-refractivity contribution in [3.05, 3.63) is 132 Å². The lowest BCUT2D eigenvalue weighted by Gasteiger charge is -2.25. The second-order valence-electron chi connectivity index (χ2n) is 9.25. The number of fused-ring (bicyclic) bond motifs is 1. The van der Waals surface area contributed by atoms with Crippen molar-refractivity contribution in [3.63, 3.8) is 0 Å². The van der Waals surface area contributed by atoms with Gasteiger partial charge in [-0.1, -0.05) is 42.5 Å². The van der Waals surface area contributed by atoms with Gasteiger partial charge in [-0.25, -0.2) is 4.98 Å². The Hall–Kier alpha value is -5.24. The van der Waals surface area contributed by atoms with Crippen molar-refractivity contribution < 1.29 is 19.4 Å². The number of amides is 1. The standard InChI is InChI=1S/C31H24N4O4/c1-20-27(34-16-6-5-14-25(34)33-20)29(36)26-28(35(31(38)30(26)37)19-21-9-8-15-32-18-21)22-10-7-13-24(17-22)39-23-11-3-2-4-12-23/h2-18,28,36H,19H2,1H3/b29-26+. The van der Waals surface area contributed by atoms with Gasteiger partial charge in [0, 0.05) is 25.1 Å². The monoisotopic (exact) mass is 516 g/mol. The highest BCUT2D eigenvalue weighted by Gasteiger charge is 2.46. The first-order chi connectivity index (χ1) is 19.0. The fourth-order valence-electron chi connectivity index (χ4n) is 4.98. The number of rotatable bonds is 6. The summed E-state index contributed by atoms with van der Waals surface area (Å²) in [6.07, 6.45) is 5.06. The number of aliphatic hydroxyl groups excluding tert-OH is 1. The average Bonchev–Trinajstić information content (AvgIpc) is 3.42. The van der Waals surface area contributed by atoms with E-state index in [2.05, 4.69) is 9.97 Å². The van der Waals surface area contributed by atoms with Crippen LogP contribution in [0.1, 0.15) is 28.6 Å². The Bertz CT molecular complexity index is 1730. The molecule has 1 aliphatic heterocycles. The molecule has 3 aromatic heterocycles. The van der Waals surface area contributed by atoms with E-state index in [1.54, 1.807) is 54.2 Å². The minimum Gasteiger partial charge on any atom is -0.505 e. The summed E-state index contributed by atoms with van der Waals surface area (Å²) in [5.74, 6) is -0.554. The zero-order chi connectivity index (χ0) is 26.9. The van der Waals surface area contributed by atoms with Crippen LogP contribution in [0.15, 0.2) is 109 Å². The predicted octanol–water partition coefficient (Wildman–Crippen LogP) is 5.45. The van der Waals surface area contributed by atoms with Crippen molar-refractivity contribution in [2.24, 2.45) is 0 Å². The molecule has 1 unspecified atom stereocenters. The van der Waals surface area contributed by atoms with Gasteiger partial charge in [0.05, 0.1) is 17.3 Å². The van der Waals surface area contributed by atoms with Crippen LogP contribution in [0.25, 0.3) is 11.4 Å². The number of benzene rings is 2. The molecule has 1 amide bonds. The number of aromatic nitrogens is 3. The number of carbonyl (C=O) groups is 2. The van der Waals surface area contributed by atoms with E-state index >= 15 is 0 Å². The van der Waals surface area contributed by atoms with Crippen LogP contribution in [-0.4, -0.2) is 36.1 Å². The van der Waals surface area contributed by atoms with Crippen molar-refractivity contribution in [2.45, 2.75) is 19.5 Å². The van der Waals surface area contributed by atoms with Gasteiger partial charge in [0.25, 0.3) is 11.7 Å². The molecule has 0 aliphatic carbocycles. The van der Waals surface area contributed by atoms with Crippen molar-refractivity contribution in [1.29, 1.82) is 0 Å². The van der Waals surface area contributed by atoms with Gasteiger partial charge in [0.15, 0.2) is 5.76 Å². The van der Waals surface area contributed by atoms with Gasteiger partial charge in [0.2, 0.25) is 0 Å². The first-order valence-corrected chi connectivity index (χ1v) is 12.5. The highest BCUT2D eigenvalue weighted by atomic mass is 16.5. The fourth-order valence-corrected chi connectivity index (χ4v) is 4.98. The van der Waals surface area contributed by atoms with Gasteiger partial charge in [-0.15, -0.1) is 0 Å². The minimum absolute atomic E-state index is 0.00509. The normalized spacial score (nSPS) is 16.6. The third kappa shape index (κ3) is 4.42. The summed E-state index contributed by atoms with van der Waals surface area (Å²) in [6, 6.07) is 24.8. The Kier molecular flexibility index (Phi) is 6.13. The highest BCUT2D eigenvalue weighted by Crippen LogP contribution is 2.42. The van der Waals surface area contributed by atoms with Crippen LogP contribution < -0.4 is 4.74 Å². The highest BCUT2D eigenvalue weighted by molar-refractivity contribution is 6.46. The number of carbonyl (C=O) groups excluding carboxylic acids is 2. The predicted molar refractivity (Wildman–Crippen MR) is 145 cm³/mol. The molecule has 1 N–H and O–H groups in total. The number of para-hydroxylation sites is 1. The molecule has 192 valence electrons. The number of aliphatic hydroxyl groups is 1. The van der Waals surface area contributed by atoms with Gasteiger partial charge in [-0.05, 0) is 60.5 Å². The molecule has 0 radical (unpaired) electrons. The second kappa shape index (κ2) is 9.90. The van der Waals surface area contributed by atoms with E-state index in [0.29, 0.717) is 34.1 Å². The second-order valence-corrected chi connectivity index (χ2v) is 9.25. The molecular weight excluding hydrogens is 492 g/mol. The number of hydrogen-bond acceptors (Lipinski definition) is 6. The van der Waals surface area contributed by atoms with E-state index in [1.807, 2.05) is 60.7 Å². The number of likely N-dealkylation sites (tertiary alicyclic amines) is 1. The molecule has 2 aromatic carbocycles. The first-order valence-electron chi connectivity index (χ1n) is 12.5. The maximum atomic E-state index is 13.6. The largest absolute Gasteiger partial charge is 0.505 e. The number of Topliss-reactive ketones (excluding diaryl/α,β-unsaturated/α-hetero) is 1. The SMILES string of the molecule is Cc1nc2ccccn2c1/C(O)=C1\C(=O)C(=O)N(Cc2cccnc2)C1c1cccc(Oc2ccccc2)c1. The summed E-state index contributed by atoms with van der Waals surface area (Å²) in [5.41, 5.74) is 2.90. The first kappa shape index (κ1) is 24.1. The molecule has 1 saturated heterocycles. The molecule has 8 heteroatoms. The van der Waals surface area contributed by atoms with Crippen molar-refractivity contribution in [2.75, 3.05) is 0 Å². The van der Waals surface area contributed by atoms with Crippen LogP contribution >= 0.6 is 0 Å². The number of ketones is 1. The molecule has 0 spiro atoms. The Morgan fingerprint density at radius 3 is 2.54 bits per heavy atom. The number of imidazole rings is 1. The maximum Gasteiger partial charge on any atom is 0.295 e. The van der Waals surface area contributed by atoms with Gasteiger partial charge in [-0.3, -0.25) is 19.0 Å². The lowest BCUT2D eigenvalue weighted by molar-refractivity contribution is -0.140. The molecular formula is C31H24N4O4. The summed E-state index contributed by atoms with van der Waals surface area (Å²) in [4.78, 5) is 37.2.